The Morgan fingerprint density at radius 2 is 2.00 bits per heavy atom. The maximum Gasteiger partial charge on any atom is 0.191 e. The van der Waals surface area contributed by atoms with Gasteiger partial charge >= 0.3 is 0 Å². The number of aryl methyl sites for hydroxylation is 1. The zero-order chi connectivity index (χ0) is 19.9. The second kappa shape index (κ2) is 11.5. The molecule has 0 saturated carbocycles. The van der Waals surface area contributed by atoms with Crippen LogP contribution >= 0.6 is 24.0 Å². The van der Waals surface area contributed by atoms with Gasteiger partial charge in [-0.15, -0.1) is 24.0 Å². The molecular weight excluding hydrogens is 480 g/mol. The molecule has 3 unspecified atom stereocenters. The second-order valence-corrected chi connectivity index (χ2v) is 7.43. The van der Waals surface area contributed by atoms with Gasteiger partial charge in [-0.25, -0.2) is 4.39 Å². The van der Waals surface area contributed by atoms with Crippen LogP contribution in [-0.4, -0.2) is 26.2 Å². The van der Waals surface area contributed by atoms with E-state index in [1.54, 1.807) is 20.0 Å². The van der Waals surface area contributed by atoms with Crippen LogP contribution in [0.1, 0.15) is 48.6 Å². The summed E-state index contributed by atoms with van der Waals surface area (Å²) in [7, 11) is 1.75. The van der Waals surface area contributed by atoms with Crippen LogP contribution < -0.4 is 10.6 Å². The van der Waals surface area contributed by atoms with E-state index in [0.29, 0.717) is 17.4 Å². The summed E-state index contributed by atoms with van der Waals surface area (Å²) in [5.74, 6) is 0.909. The number of nitrogens with zero attached hydrogens (tertiary/aromatic N) is 1. The smallest absolute Gasteiger partial charge is 0.191 e. The molecule has 6 heteroatoms. The molecule has 2 N–H and O–H groups in total. The summed E-state index contributed by atoms with van der Waals surface area (Å²) in [5, 5.41) is 6.79. The van der Waals surface area contributed by atoms with Gasteiger partial charge in [0.05, 0.1) is 12.1 Å². The lowest BCUT2D eigenvalue weighted by Crippen LogP contribution is -2.42. The van der Waals surface area contributed by atoms with E-state index in [9.17, 15) is 4.39 Å². The van der Waals surface area contributed by atoms with Crippen LogP contribution in [0.25, 0.3) is 0 Å². The van der Waals surface area contributed by atoms with Crippen LogP contribution in [0.4, 0.5) is 4.39 Å². The molecule has 2 aromatic carbocycles. The van der Waals surface area contributed by atoms with Gasteiger partial charge in [0.15, 0.2) is 5.96 Å². The summed E-state index contributed by atoms with van der Waals surface area (Å²) < 4.78 is 19.9. The minimum absolute atomic E-state index is 0. The fraction of sp³-hybridized carbons (Fsp3) is 0.435. The number of aliphatic imine (C=N–C) groups is 1. The van der Waals surface area contributed by atoms with Gasteiger partial charge in [-0.2, -0.15) is 0 Å². The molecule has 29 heavy (non-hydrogen) atoms. The number of hydrogen-bond donors (Lipinski definition) is 2. The van der Waals surface area contributed by atoms with Crippen molar-refractivity contribution in [2.45, 2.75) is 38.8 Å². The molecule has 158 valence electrons. The van der Waals surface area contributed by atoms with Crippen molar-refractivity contribution in [3.05, 3.63) is 71.0 Å². The molecule has 0 aliphatic carbocycles. The Balaban J connectivity index is 0.00000300. The molecule has 0 radical (unpaired) electrons. The van der Waals surface area contributed by atoms with Gasteiger partial charge in [0.25, 0.3) is 0 Å². The lowest BCUT2D eigenvalue weighted by Gasteiger charge is -2.33. The summed E-state index contributed by atoms with van der Waals surface area (Å²) in [5.41, 5.74) is 2.78. The van der Waals surface area contributed by atoms with E-state index in [2.05, 4.69) is 39.9 Å². The third-order valence-electron chi connectivity index (χ3n) is 5.38. The number of guanidine groups is 1. The van der Waals surface area contributed by atoms with Crippen molar-refractivity contribution >= 4 is 29.9 Å². The molecule has 1 saturated heterocycles. The van der Waals surface area contributed by atoms with Crippen molar-refractivity contribution in [2.75, 3.05) is 20.2 Å². The highest BCUT2D eigenvalue weighted by atomic mass is 127. The SMILES string of the molecule is CN=C(NCC1CCCOC1c1ccccc1)NC(C)c1ccc(C)c(F)c1.I. The topological polar surface area (TPSA) is 45.7 Å². The van der Waals surface area contributed by atoms with Crippen LogP contribution in [-0.2, 0) is 4.74 Å². The molecular formula is C23H31FIN3O. The molecule has 0 spiro atoms. The largest absolute Gasteiger partial charge is 0.373 e. The molecule has 3 atom stereocenters. The minimum Gasteiger partial charge on any atom is -0.373 e. The highest BCUT2D eigenvalue weighted by Gasteiger charge is 2.27. The van der Waals surface area contributed by atoms with Crippen molar-refractivity contribution in [1.29, 1.82) is 0 Å². The number of nitrogens with one attached hydrogen (secondary N) is 2. The van der Waals surface area contributed by atoms with Crippen molar-refractivity contribution < 1.29 is 9.13 Å². The van der Waals surface area contributed by atoms with E-state index in [-0.39, 0.29) is 41.9 Å². The molecule has 2 aromatic rings. The molecule has 0 bridgehead atoms. The third-order valence-corrected chi connectivity index (χ3v) is 5.38. The summed E-state index contributed by atoms with van der Waals surface area (Å²) in [4.78, 5) is 4.34. The van der Waals surface area contributed by atoms with Crippen molar-refractivity contribution in [1.82, 2.24) is 10.6 Å². The zero-order valence-electron chi connectivity index (χ0n) is 17.3. The number of hydrogen-bond acceptors (Lipinski definition) is 2. The van der Waals surface area contributed by atoms with Gasteiger partial charge in [-0.05, 0) is 49.4 Å². The fourth-order valence-electron chi connectivity index (χ4n) is 3.65. The number of rotatable bonds is 5. The second-order valence-electron chi connectivity index (χ2n) is 7.43. The standard InChI is InChI=1S/C23H30FN3O.HI/c1-16-11-12-19(14-21(16)24)17(2)27-23(25-3)26-15-20-10-7-13-28-22(20)18-8-5-4-6-9-18;/h4-6,8-9,11-12,14,17,20,22H,7,10,13,15H2,1-3H3,(H2,25,26,27);1H. The van der Waals surface area contributed by atoms with Crippen LogP contribution in [0, 0.1) is 18.7 Å². The van der Waals surface area contributed by atoms with Crippen molar-refractivity contribution in [3.8, 4) is 0 Å². The van der Waals surface area contributed by atoms with Crippen LogP contribution in [0.5, 0.6) is 0 Å². The quantitative estimate of drug-likeness (QED) is 0.332. The van der Waals surface area contributed by atoms with Gasteiger partial charge in [0, 0.05) is 26.1 Å². The van der Waals surface area contributed by atoms with Gasteiger partial charge in [-0.1, -0.05) is 42.5 Å². The Kier molecular flexibility index (Phi) is 9.36. The van der Waals surface area contributed by atoms with E-state index in [0.717, 1.165) is 31.6 Å². The lowest BCUT2D eigenvalue weighted by molar-refractivity contribution is -0.0265. The Labute approximate surface area is 190 Å². The monoisotopic (exact) mass is 511 g/mol. The molecule has 1 heterocycles. The minimum atomic E-state index is -0.181. The zero-order valence-corrected chi connectivity index (χ0v) is 19.7. The third kappa shape index (κ3) is 6.40. The summed E-state index contributed by atoms with van der Waals surface area (Å²) in [6.07, 6.45) is 2.28. The Hall–Kier alpha value is -1.67. The first-order valence-electron chi connectivity index (χ1n) is 9.98. The van der Waals surface area contributed by atoms with E-state index in [1.165, 1.54) is 5.56 Å². The molecule has 0 aromatic heterocycles. The van der Waals surface area contributed by atoms with Crippen LogP contribution in [0.3, 0.4) is 0 Å². The number of halogens is 2. The van der Waals surface area contributed by atoms with Gasteiger partial charge in [0.2, 0.25) is 0 Å². The van der Waals surface area contributed by atoms with Crippen LogP contribution in [0.15, 0.2) is 53.5 Å². The molecule has 1 aliphatic rings. The first kappa shape index (κ1) is 23.6. The van der Waals surface area contributed by atoms with Gasteiger partial charge < -0.3 is 15.4 Å². The predicted molar refractivity (Wildman–Crippen MR) is 127 cm³/mol. The predicted octanol–water partition coefficient (Wildman–Crippen LogP) is 5.15. The number of benzene rings is 2. The average Bonchev–Trinajstić information content (AvgIpc) is 2.73. The Morgan fingerprint density at radius 1 is 1.24 bits per heavy atom. The first-order valence-corrected chi connectivity index (χ1v) is 9.98. The van der Waals surface area contributed by atoms with Crippen molar-refractivity contribution in [2.24, 2.45) is 10.9 Å². The molecule has 4 nitrogen and oxygen atoms in total. The van der Waals surface area contributed by atoms with Crippen molar-refractivity contribution in [3.63, 3.8) is 0 Å². The van der Waals surface area contributed by atoms with E-state index < -0.39 is 0 Å². The Bertz CT molecular complexity index is 800. The highest BCUT2D eigenvalue weighted by molar-refractivity contribution is 14.0. The van der Waals surface area contributed by atoms with Crippen LogP contribution in [0.2, 0.25) is 0 Å². The molecule has 0 amide bonds. The summed E-state index contributed by atoms with van der Waals surface area (Å²) in [6.45, 7) is 5.35. The lowest BCUT2D eigenvalue weighted by atomic mass is 9.89. The van der Waals surface area contributed by atoms with E-state index >= 15 is 0 Å². The van der Waals surface area contributed by atoms with Gasteiger partial charge in [0.1, 0.15) is 5.82 Å². The maximum atomic E-state index is 13.9. The molecule has 1 aliphatic heterocycles. The van der Waals surface area contributed by atoms with E-state index in [1.807, 2.05) is 25.1 Å². The molecule has 1 fully saturated rings. The first-order chi connectivity index (χ1) is 13.6. The maximum absolute atomic E-state index is 13.9. The summed E-state index contributed by atoms with van der Waals surface area (Å²) in [6, 6.07) is 15.7. The van der Waals surface area contributed by atoms with E-state index in [4.69, 9.17) is 4.74 Å². The summed E-state index contributed by atoms with van der Waals surface area (Å²) >= 11 is 0. The average molecular weight is 511 g/mol. The number of ether oxygens (including phenoxy) is 1. The Morgan fingerprint density at radius 3 is 2.69 bits per heavy atom. The molecule has 3 rings (SSSR count). The highest BCUT2D eigenvalue weighted by Crippen LogP contribution is 2.33. The normalized spacial score (nSPS) is 20.5. The van der Waals surface area contributed by atoms with Gasteiger partial charge in [-0.3, -0.25) is 4.99 Å². The fourth-order valence-corrected chi connectivity index (χ4v) is 3.65.